The molecule has 1 aromatic carbocycles. The Labute approximate surface area is 219 Å². The Morgan fingerprint density at radius 3 is 2.46 bits per heavy atom. The zero-order chi connectivity index (χ0) is 26.5. The Morgan fingerprint density at radius 2 is 1.81 bits per heavy atom. The summed E-state index contributed by atoms with van der Waals surface area (Å²) in [5.74, 6) is 2.64. The van der Waals surface area contributed by atoms with Gasteiger partial charge in [-0.2, -0.15) is 10.1 Å². The monoisotopic (exact) mass is 504 g/mol. The van der Waals surface area contributed by atoms with E-state index in [-0.39, 0.29) is 11.9 Å². The number of nitrogens with zero attached hydrogens (tertiary/aromatic N) is 4. The number of hydrogen-bond acceptors (Lipinski definition) is 7. The minimum atomic E-state index is -0.0266. The van der Waals surface area contributed by atoms with Crippen molar-refractivity contribution in [1.82, 2.24) is 30.4 Å². The van der Waals surface area contributed by atoms with Gasteiger partial charge in [-0.15, -0.1) is 0 Å². The van der Waals surface area contributed by atoms with E-state index < -0.39 is 0 Å². The number of anilines is 4. The third kappa shape index (κ3) is 6.28. The van der Waals surface area contributed by atoms with Gasteiger partial charge in [-0.1, -0.05) is 13.0 Å². The largest absolute Gasteiger partial charge is 0.355 e. The highest BCUT2D eigenvalue weighted by Crippen LogP contribution is 2.34. The molecule has 1 unspecified atom stereocenters. The van der Waals surface area contributed by atoms with E-state index in [2.05, 4.69) is 73.9 Å². The van der Waals surface area contributed by atoms with E-state index in [1.807, 2.05) is 33.0 Å². The van der Waals surface area contributed by atoms with Crippen LogP contribution < -0.4 is 16.0 Å². The molecular weight excluding hydrogens is 464 g/mol. The first-order valence-electron chi connectivity index (χ1n) is 13.3. The Bertz CT molecular complexity index is 1230. The molecule has 0 bridgehead atoms. The third-order valence-corrected chi connectivity index (χ3v) is 7.23. The number of likely N-dealkylation sites (tertiary alicyclic amines) is 1. The molecule has 1 aliphatic heterocycles. The van der Waals surface area contributed by atoms with Crippen LogP contribution in [-0.4, -0.2) is 56.6 Å². The molecule has 9 heteroatoms. The van der Waals surface area contributed by atoms with Gasteiger partial charge in [0.1, 0.15) is 5.82 Å². The third-order valence-electron chi connectivity index (χ3n) is 7.23. The molecule has 0 radical (unpaired) electrons. The molecule has 1 saturated heterocycles. The van der Waals surface area contributed by atoms with Crippen LogP contribution in [0.2, 0.25) is 0 Å². The second kappa shape index (κ2) is 11.7. The molecule has 3 aromatic rings. The first-order valence-corrected chi connectivity index (χ1v) is 13.3. The zero-order valence-electron chi connectivity index (χ0n) is 22.9. The van der Waals surface area contributed by atoms with Gasteiger partial charge < -0.3 is 16.0 Å². The maximum atomic E-state index is 12.5. The fourth-order valence-corrected chi connectivity index (χ4v) is 5.19. The SMILES string of the molecule is CCNC(=O)C(CC)N1CCC(c2cc(C)c(Nc3ncc(C)c(Nc4cc(C)[nH]n4)n3)cc2C)CC1. The number of rotatable bonds is 9. The summed E-state index contributed by atoms with van der Waals surface area (Å²) in [6.07, 6.45) is 4.78. The van der Waals surface area contributed by atoms with Gasteiger partial charge in [0.2, 0.25) is 11.9 Å². The van der Waals surface area contributed by atoms with E-state index in [0.29, 0.717) is 18.4 Å². The lowest BCUT2D eigenvalue weighted by molar-refractivity contribution is -0.126. The number of aryl methyl sites for hydroxylation is 4. The van der Waals surface area contributed by atoms with Crippen molar-refractivity contribution in [2.75, 3.05) is 30.3 Å². The van der Waals surface area contributed by atoms with Crippen LogP contribution in [0.5, 0.6) is 0 Å². The molecule has 1 atom stereocenters. The molecule has 1 amide bonds. The number of carbonyl (C=O) groups excluding carboxylic acids is 1. The minimum absolute atomic E-state index is 0.0266. The Morgan fingerprint density at radius 1 is 1.05 bits per heavy atom. The number of benzene rings is 1. The molecule has 198 valence electrons. The zero-order valence-corrected chi connectivity index (χ0v) is 22.9. The van der Waals surface area contributed by atoms with Crippen LogP contribution in [-0.2, 0) is 4.79 Å². The van der Waals surface area contributed by atoms with Crippen LogP contribution >= 0.6 is 0 Å². The molecule has 4 rings (SSSR count). The number of H-pyrrole nitrogens is 1. The number of piperidine rings is 1. The van der Waals surface area contributed by atoms with Crippen molar-refractivity contribution >= 4 is 29.2 Å². The van der Waals surface area contributed by atoms with Crippen molar-refractivity contribution in [2.24, 2.45) is 0 Å². The lowest BCUT2D eigenvalue weighted by Crippen LogP contribution is -2.49. The van der Waals surface area contributed by atoms with E-state index in [0.717, 1.165) is 60.9 Å². The maximum Gasteiger partial charge on any atom is 0.237 e. The molecule has 4 N–H and O–H groups in total. The van der Waals surface area contributed by atoms with Gasteiger partial charge in [-0.05, 0) is 95.6 Å². The smallest absolute Gasteiger partial charge is 0.237 e. The first kappa shape index (κ1) is 26.6. The fourth-order valence-electron chi connectivity index (χ4n) is 5.19. The average Bonchev–Trinajstić information content (AvgIpc) is 3.29. The summed E-state index contributed by atoms with van der Waals surface area (Å²) in [7, 11) is 0. The second-order valence-electron chi connectivity index (χ2n) is 10.1. The van der Waals surface area contributed by atoms with Gasteiger partial charge in [0.15, 0.2) is 5.82 Å². The Kier molecular flexibility index (Phi) is 8.43. The number of aromatic amines is 1. The van der Waals surface area contributed by atoms with E-state index in [9.17, 15) is 4.79 Å². The van der Waals surface area contributed by atoms with Crippen LogP contribution in [0.15, 0.2) is 24.4 Å². The highest BCUT2D eigenvalue weighted by atomic mass is 16.2. The Balaban J connectivity index is 1.44. The van der Waals surface area contributed by atoms with Gasteiger partial charge in [0.25, 0.3) is 0 Å². The molecule has 1 aliphatic rings. The van der Waals surface area contributed by atoms with Crippen LogP contribution in [0.25, 0.3) is 0 Å². The average molecular weight is 505 g/mol. The van der Waals surface area contributed by atoms with Gasteiger partial charge in [-0.3, -0.25) is 14.8 Å². The van der Waals surface area contributed by atoms with Crippen molar-refractivity contribution in [1.29, 1.82) is 0 Å². The number of hydrogen-bond donors (Lipinski definition) is 4. The van der Waals surface area contributed by atoms with Crippen molar-refractivity contribution in [3.63, 3.8) is 0 Å². The minimum Gasteiger partial charge on any atom is -0.355 e. The van der Waals surface area contributed by atoms with Crippen LogP contribution in [0.1, 0.15) is 67.0 Å². The quantitative estimate of drug-likeness (QED) is 0.324. The van der Waals surface area contributed by atoms with Gasteiger partial charge in [-0.25, -0.2) is 4.98 Å². The maximum absolute atomic E-state index is 12.5. The summed E-state index contributed by atoms with van der Waals surface area (Å²) < 4.78 is 0. The second-order valence-corrected chi connectivity index (χ2v) is 10.1. The van der Waals surface area contributed by atoms with Crippen LogP contribution in [0.4, 0.5) is 23.3 Å². The molecule has 1 fully saturated rings. The van der Waals surface area contributed by atoms with Crippen molar-refractivity contribution in [3.8, 4) is 0 Å². The van der Waals surface area contributed by atoms with Crippen LogP contribution in [0, 0.1) is 27.7 Å². The summed E-state index contributed by atoms with van der Waals surface area (Å²) in [5, 5.41) is 16.8. The summed E-state index contributed by atoms with van der Waals surface area (Å²) in [6, 6.07) is 6.42. The standard InChI is InChI=1S/C28H40N8O/c1-7-24(27(37)29-8-2)36-11-9-21(10-12-36)22-13-18(4)23(14-17(22)3)31-28-30-16-19(5)26(33-28)32-25-15-20(6)34-35-25/h13-16,21,24H,7-12H2,1-6H3,(H,29,37)(H3,30,31,32,33,34,35). The fraction of sp³-hybridized carbons (Fsp3) is 0.500. The van der Waals surface area contributed by atoms with E-state index in [1.165, 1.54) is 16.7 Å². The lowest BCUT2D eigenvalue weighted by Gasteiger charge is -2.37. The number of aromatic nitrogens is 4. The number of nitrogens with one attached hydrogen (secondary N) is 4. The Hall–Kier alpha value is -3.46. The highest BCUT2D eigenvalue weighted by molar-refractivity contribution is 5.81. The molecule has 0 aliphatic carbocycles. The molecule has 0 spiro atoms. The normalized spacial score (nSPS) is 15.4. The summed E-state index contributed by atoms with van der Waals surface area (Å²) in [4.78, 5) is 24.0. The van der Waals surface area contributed by atoms with Gasteiger partial charge in [0, 0.05) is 35.8 Å². The first-order chi connectivity index (χ1) is 17.8. The molecular formula is C28H40N8O. The van der Waals surface area contributed by atoms with Gasteiger partial charge >= 0.3 is 0 Å². The molecule has 0 saturated carbocycles. The number of carbonyl (C=O) groups is 1. The van der Waals surface area contributed by atoms with E-state index >= 15 is 0 Å². The lowest BCUT2D eigenvalue weighted by atomic mass is 9.85. The van der Waals surface area contributed by atoms with Crippen molar-refractivity contribution in [2.45, 2.75) is 72.8 Å². The molecule has 37 heavy (non-hydrogen) atoms. The highest BCUT2D eigenvalue weighted by Gasteiger charge is 2.29. The van der Waals surface area contributed by atoms with Crippen LogP contribution in [0.3, 0.4) is 0 Å². The van der Waals surface area contributed by atoms with Gasteiger partial charge in [0.05, 0.1) is 6.04 Å². The number of likely N-dealkylation sites (N-methyl/N-ethyl adjacent to an activating group) is 1. The predicted octanol–water partition coefficient (Wildman–Crippen LogP) is 5.01. The van der Waals surface area contributed by atoms with Crippen molar-refractivity contribution < 1.29 is 4.79 Å². The molecule has 9 nitrogen and oxygen atoms in total. The summed E-state index contributed by atoms with van der Waals surface area (Å²) in [6.45, 7) is 14.9. The number of amides is 1. The van der Waals surface area contributed by atoms with Crippen molar-refractivity contribution in [3.05, 3.63) is 52.3 Å². The molecule has 2 aromatic heterocycles. The summed E-state index contributed by atoms with van der Waals surface area (Å²) >= 11 is 0. The predicted molar refractivity (Wildman–Crippen MR) is 149 cm³/mol. The molecule has 3 heterocycles. The van der Waals surface area contributed by atoms with E-state index in [1.54, 1.807) is 0 Å². The summed E-state index contributed by atoms with van der Waals surface area (Å²) in [5.41, 5.74) is 6.76. The topological polar surface area (TPSA) is 111 Å². The van der Waals surface area contributed by atoms with E-state index in [4.69, 9.17) is 0 Å².